The van der Waals surface area contributed by atoms with E-state index >= 15 is 0 Å². The average molecular weight is 463 g/mol. The van der Waals surface area contributed by atoms with E-state index in [2.05, 4.69) is 11.9 Å². The Morgan fingerprint density at radius 2 is 2.03 bits per heavy atom. The summed E-state index contributed by atoms with van der Waals surface area (Å²) in [6.07, 6.45) is -5.72. The number of aliphatic hydroxyl groups excluding tert-OH is 3. The van der Waals surface area contributed by atoms with Crippen molar-refractivity contribution in [1.82, 2.24) is 4.90 Å². The molecule has 1 aromatic rings. The minimum absolute atomic E-state index is 0.0789. The molecule has 0 aromatic heterocycles. The number of nitrogens with zero attached hydrogens (tertiary/aromatic N) is 1. The number of phenols is 1. The number of phenolic OH excluding ortho intramolecular Hbond substituents is 1. The molecular weight excluding hydrogens is 434 g/mol. The Labute approximate surface area is 190 Å². The van der Waals surface area contributed by atoms with E-state index in [9.17, 15) is 30.3 Å². The van der Waals surface area contributed by atoms with Crippen molar-refractivity contribution >= 4 is 5.97 Å². The molecular formula is C23H29NO9. The van der Waals surface area contributed by atoms with Gasteiger partial charge in [0.25, 0.3) is 0 Å². The van der Waals surface area contributed by atoms with E-state index in [0.717, 1.165) is 31.4 Å². The predicted molar refractivity (Wildman–Crippen MR) is 111 cm³/mol. The second-order valence-corrected chi connectivity index (χ2v) is 10.2. The summed E-state index contributed by atoms with van der Waals surface area (Å²) < 4.78 is 17.5. The molecule has 10 atom stereocenters. The highest BCUT2D eigenvalue weighted by Crippen LogP contribution is 2.66. The van der Waals surface area contributed by atoms with Gasteiger partial charge >= 0.3 is 5.97 Å². The molecule has 1 spiro atoms. The summed E-state index contributed by atoms with van der Waals surface area (Å²) in [6.45, 7) is 1.05. The summed E-state index contributed by atoms with van der Waals surface area (Å²) in [5.41, 5.74) is 2.13. The Bertz CT molecular complexity index is 987. The van der Waals surface area contributed by atoms with Gasteiger partial charge in [0.05, 0.1) is 6.61 Å². The van der Waals surface area contributed by atoms with Crippen LogP contribution in [-0.2, 0) is 26.1 Å². The number of likely N-dealkylation sites (N-methyl/N-ethyl adjacent to an activating group) is 1. The molecule has 0 radical (unpaired) electrons. The number of carboxylic acids is 1. The smallest absolute Gasteiger partial charge is 0.335 e. The Kier molecular flexibility index (Phi) is 4.75. The molecule has 3 fully saturated rings. The SMILES string of the molecule is CN1CCC23c4c5ccc(O)c4OC2C(CO[C@@H]2O[C@H](C(=O)O)[C@@H](O)[C@H](O)[C@H]2O)CC3C1C5. The quantitative estimate of drug-likeness (QED) is 0.384. The van der Waals surface area contributed by atoms with Crippen LogP contribution in [0.4, 0.5) is 0 Å². The molecule has 180 valence electrons. The van der Waals surface area contributed by atoms with E-state index in [4.69, 9.17) is 14.2 Å². The Hall–Kier alpha value is -1.95. The van der Waals surface area contributed by atoms with Gasteiger partial charge in [0, 0.05) is 22.9 Å². The highest BCUT2D eigenvalue weighted by molar-refractivity contribution is 5.73. The third kappa shape index (κ3) is 2.79. The van der Waals surface area contributed by atoms with E-state index in [1.807, 2.05) is 6.07 Å². The maximum absolute atomic E-state index is 11.4. The fourth-order valence-corrected chi connectivity index (χ4v) is 7.23. The summed E-state index contributed by atoms with van der Waals surface area (Å²) in [5.74, 6) is -0.497. The number of rotatable bonds is 4. The number of ether oxygens (including phenoxy) is 3. The second kappa shape index (κ2) is 7.27. The first-order chi connectivity index (χ1) is 15.7. The lowest BCUT2D eigenvalue weighted by Crippen LogP contribution is -2.60. The number of hydrogen-bond donors (Lipinski definition) is 5. The lowest BCUT2D eigenvalue weighted by Gasteiger charge is -2.52. The lowest BCUT2D eigenvalue weighted by atomic mass is 9.59. The predicted octanol–water partition coefficient (Wildman–Crippen LogP) is -0.804. The first kappa shape index (κ1) is 21.6. The summed E-state index contributed by atoms with van der Waals surface area (Å²) in [6, 6.07) is 4.04. The fourth-order valence-electron chi connectivity index (χ4n) is 7.23. The van der Waals surface area contributed by atoms with Gasteiger partial charge in [-0.25, -0.2) is 4.79 Å². The number of carbonyl (C=O) groups is 1. The molecule has 1 saturated carbocycles. The first-order valence-electron chi connectivity index (χ1n) is 11.5. The van der Waals surface area contributed by atoms with Crippen molar-refractivity contribution in [3.63, 3.8) is 0 Å². The molecule has 10 nitrogen and oxygen atoms in total. The van der Waals surface area contributed by atoms with Crippen LogP contribution in [0.5, 0.6) is 11.5 Å². The topological polar surface area (TPSA) is 149 Å². The molecule has 2 aliphatic carbocycles. The van der Waals surface area contributed by atoms with Gasteiger partial charge in [-0.1, -0.05) is 6.07 Å². The zero-order valence-electron chi connectivity index (χ0n) is 18.2. The molecule has 5 aliphatic rings. The maximum atomic E-state index is 11.4. The van der Waals surface area contributed by atoms with Crippen LogP contribution in [0.1, 0.15) is 24.0 Å². The minimum Gasteiger partial charge on any atom is -0.504 e. The number of carboxylic acid groups (broad SMARTS) is 1. The van der Waals surface area contributed by atoms with Crippen molar-refractivity contribution in [1.29, 1.82) is 0 Å². The van der Waals surface area contributed by atoms with Gasteiger partial charge in [-0.15, -0.1) is 0 Å². The third-order valence-electron chi connectivity index (χ3n) is 8.71. The number of hydrogen-bond acceptors (Lipinski definition) is 9. The largest absolute Gasteiger partial charge is 0.504 e. The van der Waals surface area contributed by atoms with Crippen LogP contribution in [0.15, 0.2) is 12.1 Å². The Morgan fingerprint density at radius 1 is 1.24 bits per heavy atom. The summed E-state index contributed by atoms with van der Waals surface area (Å²) in [4.78, 5) is 13.8. The number of likely N-dealkylation sites (tertiary alicyclic amines) is 1. The maximum Gasteiger partial charge on any atom is 0.335 e. The summed E-state index contributed by atoms with van der Waals surface area (Å²) in [5, 5.41) is 50.1. The van der Waals surface area contributed by atoms with E-state index in [0.29, 0.717) is 17.7 Å². The second-order valence-electron chi connectivity index (χ2n) is 10.2. The van der Waals surface area contributed by atoms with E-state index in [1.165, 1.54) is 5.56 Å². The highest BCUT2D eigenvalue weighted by atomic mass is 16.7. The highest BCUT2D eigenvalue weighted by Gasteiger charge is 2.68. The Balaban J connectivity index is 1.28. The molecule has 0 amide bonds. The summed E-state index contributed by atoms with van der Waals surface area (Å²) in [7, 11) is 2.14. The number of aliphatic carboxylic acids is 1. The normalized spacial score (nSPS) is 45.5. The van der Waals surface area contributed by atoms with Gasteiger partial charge in [0.15, 0.2) is 23.9 Å². The van der Waals surface area contributed by atoms with Gasteiger partial charge in [-0.2, -0.15) is 0 Å². The molecule has 33 heavy (non-hydrogen) atoms. The molecule has 3 aliphatic heterocycles. The van der Waals surface area contributed by atoms with Crippen molar-refractivity contribution < 1.29 is 44.5 Å². The van der Waals surface area contributed by atoms with Crippen LogP contribution in [0.2, 0.25) is 0 Å². The van der Waals surface area contributed by atoms with Crippen LogP contribution in [0.3, 0.4) is 0 Å². The van der Waals surface area contributed by atoms with Gasteiger partial charge in [-0.3, -0.25) is 0 Å². The molecule has 3 heterocycles. The van der Waals surface area contributed by atoms with Crippen molar-refractivity contribution in [2.24, 2.45) is 11.8 Å². The minimum atomic E-state index is -1.76. The van der Waals surface area contributed by atoms with Gasteiger partial charge in [-0.05, 0) is 50.4 Å². The zero-order chi connectivity index (χ0) is 23.2. The molecule has 10 heteroatoms. The third-order valence-corrected chi connectivity index (χ3v) is 8.71. The Morgan fingerprint density at radius 3 is 2.79 bits per heavy atom. The number of aliphatic hydroxyl groups is 3. The van der Waals surface area contributed by atoms with Crippen LogP contribution in [0.25, 0.3) is 0 Å². The van der Waals surface area contributed by atoms with E-state index in [1.54, 1.807) is 6.07 Å². The fraction of sp³-hybridized carbons (Fsp3) is 0.696. The van der Waals surface area contributed by atoms with E-state index in [-0.39, 0.29) is 29.8 Å². The molecule has 1 aromatic carbocycles. The number of aromatic hydroxyl groups is 1. The molecule has 2 saturated heterocycles. The van der Waals surface area contributed by atoms with Crippen LogP contribution < -0.4 is 4.74 Å². The van der Waals surface area contributed by atoms with Crippen LogP contribution >= 0.6 is 0 Å². The van der Waals surface area contributed by atoms with Gasteiger partial charge in [0.2, 0.25) is 0 Å². The monoisotopic (exact) mass is 463 g/mol. The lowest BCUT2D eigenvalue weighted by molar-refractivity contribution is -0.296. The average Bonchev–Trinajstić information content (AvgIpc) is 3.29. The zero-order valence-corrected chi connectivity index (χ0v) is 18.2. The van der Waals surface area contributed by atoms with Crippen molar-refractivity contribution in [3.05, 3.63) is 23.3 Å². The molecule has 2 bridgehead atoms. The number of piperidine rings is 1. The standard InChI is InChI=1S/C23H29NO9/c1-24-5-4-23-11-6-10(8-31-22-17(28)15(26)16(27)19(33-22)21(29)30)20(23)32-18-13(25)3-2-9(14(18)23)7-12(11)24/h2-3,10-12,15-17,19-20,22,25-28H,4-8H2,1H3,(H,29,30)/t10?,11?,12?,15-,16-,17+,19-,20?,22+,23?/m0/s1. The van der Waals surface area contributed by atoms with Gasteiger partial charge in [0.1, 0.15) is 24.4 Å². The molecule has 6 rings (SSSR count). The van der Waals surface area contributed by atoms with Crippen molar-refractivity contribution in [2.45, 2.75) is 67.5 Å². The first-order valence-corrected chi connectivity index (χ1v) is 11.5. The summed E-state index contributed by atoms with van der Waals surface area (Å²) >= 11 is 0. The van der Waals surface area contributed by atoms with Crippen molar-refractivity contribution in [2.75, 3.05) is 20.2 Å². The van der Waals surface area contributed by atoms with Gasteiger partial charge < -0.3 is 44.6 Å². The van der Waals surface area contributed by atoms with Crippen LogP contribution in [-0.4, -0.2) is 99.5 Å². The van der Waals surface area contributed by atoms with E-state index < -0.39 is 36.7 Å². The molecule has 5 N–H and O–H groups in total. The van der Waals surface area contributed by atoms with Crippen molar-refractivity contribution in [3.8, 4) is 11.5 Å². The molecule has 5 unspecified atom stereocenters. The van der Waals surface area contributed by atoms with Crippen LogP contribution in [0, 0.1) is 11.8 Å². The number of benzene rings is 1.